The summed E-state index contributed by atoms with van der Waals surface area (Å²) in [5.74, 6) is -2.83. The van der Waals surface area contributed by atoms with Gasteiger partial charge in [0.25, 0.3) is 0 Å². The van der Waals surface area contributed by atoms with E-state index in [9.17, 15) is 9.59 Å². The normalized spacial score (nSPS) is 16.9. The number of hydrogen-bond donors (Lipinski definition) is 3. The molecule has 0 saturated heterocycles. The van der Waals surface area contributed by atoms with Crippen molar-refractivity contribution < 1.29 is 19.8 Å². The Labute approximate surface area is 83.1 Å². The van der Waals surface area contributed by atoms with Crippen molar-refractivity contribution in [1.82, 2.24) is 5.32 Å². The third-order valence-electron chi connectivity index (χ3n) is 2.32. The van der Waals surface area contributed by atoms with Crippen molar-refractivity contribution in [3.63, 3.8) is 0 Å². The van der Waals surface area contributed by atoms with Gasteiger partial charge in [0, 0.05) is 0 Å². The molecule has 82 valence electrons. The molecule has 5 nitrogen and oxygen atoms in total. The lowest BCUT2D eigenvalue weighted by molar-refractivity contribution is -0.146. The van der Waals surface area contributed by atoms with Crippen LogP contribution in [0.3, 0.4) is 0 Å². The molecule has 0 aliphatic carbocycles. The van der Waals surface area contributed by atoms with Crippen LogP contribution < -0.4 is 5.32 Å². The molecule has 1 amide bonds. The first-order chi connectivity index (χ1) is 6.36. The van der Waals surface area contributed by atoms with E-state index in [0.29, 0.717) is 6.42 Å². The first-order valence-electron chi connectivity index (χ1n) is 4.52. The second-order valence-electron chi connectivity index (χ2n) is 3.62. The summed E-state index contributed by atoms with van der Waals surface area (Å²) < 4.78 is 0. The number of aliphatic carboxylic acids is 1. The Morgan fingerprint density at radius 3 is 2.29 bits per heavy atom. The fourth-order valence-corrected chi connectivity index (χ4v) is 0.758. The number of hydrogen-bond acceptors (Lipinski definition) is 3. The van der Waals surface area contributed by atoms with E-state index in [1.807, 2.05) is 6.92 Å². The topological polar surface area (TPSA) is 86.6 Å². The number of rotatable bonds is 5. The average molecular weight is 203 g/mol. The summed E-state index contributed by atoms with van der Waals surface area (Å²) >= 11 is 0. The van der Waals surface area contributed by atoms with Crippen LogP contribution >= 0.6 is 0 Å². The Morgan fingerprint density at radius 2 is 2.00 bits per heavy atom. The van der Waals surface area contributed by atoms with Crippen LogP contribution in [0.1, 0.15) is 27.2 Å². The van der Waals surface area contributed by atoms with Gasteiger partial charge in [0.1, 0.15) is 5.92 Å². The monoisotopic (exact) mass is 203 g/mol. The fourth-order valence-electron chi connectivity index (χ4n) is 0.758. The highest BCUT2D eigenvalue weighted by Gasteiger charge is 2.28. The lowest BCUT2D eigenvalue weighted by Crippen LogP contribution is -2.51. The van der Waals surface area contributed by atoms with Gasteiger partial charge in [0.2, 0.25) is 5.91 Å². The Bertz CT molecular complexity index is 223. The van der Waals surface area contributed by atoms with Gasteiger partial charge in [-0.15, -0.1) is 0 Å². The van der Waals surface area contributed by atoms with Crippen LogP contribution in [0.15, 0.2) is 0 Å². The number of amides is 1. The summed E-state index contributed by atoms with van der Waals surface area (Å²) in [7, 11) is 0. The molecule has 5 heteroatoms. The average Bonchev–Trinajstić information content (AvgIpc) is 2.16. The first-order valence-corrected chi connectivity index (χ1v) is 4.52. The summed E-state index contributed by atoms with van der Waals surface area (Å²) in [6.45, 7) is 4.58. The molecule has 0 aromatic carbocycles. The molecule has 0 radical (unpaired) electrons. The maximum atomic E-state index is 11.3. The summed E-state index contributed by atoms with van der Waals surface area (Å²) in [5.41, 5.74) is -0.735. The van der Waals surface area contributed by atoms with E-state index in [1.54, 1.807) is 6.92 Å². The van der Waals surface area contributed by atoms with E-state index >= 15 is 0 Å². The highest BCUT2D eigenvalue weighted by atomic mass is 16.4. The van der Waals surface area contributed by atoms with Crippen LogP contribution in [0.5, 0.6) is 0 Å². The Hall–Kier alpha value is -1.10. The second-order valence-corrected chi connectivity index (χ2v) is 3.62. The van der Waals surface area contributed by atoms with Crippen LogP contribution in [0.4, 0.5) is 0 Å². The molecular formula is C9H17NO4. The van der Waals surface area contributed by atoms with Gasteiger partial charge in [-0.1, -0.05) is 6.92 Å². The summed E-state index contributed by atoms with van der Waals surface area (Å²) in [6, 6.07) is 0. The van der Waals surface area contributed by atoms with E-state index < -0.39 is 23.3 Å². The zero-order valence-electron chi connectivity index (χ0n) is 8.70. The molecule has 0 saturated carbocycles. The molecule has 2 atom stereocenters. The molecule has 0 bridgehead atoms. The van der Waals surface area contributed by atoms with Gasteiger partial charge in [0.15, 0.2) is 0 Å². The lowest BCUT2D eigenvalue weighted by atomic mass is 9.99. The van der Waals surface area contributed by atoms with Gasteiger partial charge in [0.05, 0.1) is 12.1 Å². The zero-order chi connectivity index (χ0) is 11.4. The third-order valence-corrected chi connectivity index (χ3v) is 2.32. The van der Waals surface area contributed by atoms with Gasteiger partial charge < -0.3 is 15.5 Å². The van der Waals surface area contributed by atoms with Crippen LogP contribution in [0.2, 0.25) is 0 Å². The number of carboxylic acid groups (broad SMARTS) is 1. The molecule has 0 spiro atoms. The second kappa shape index (κ2) is 4.95. The molecule has 0 fully saturated rings. The molecule has 14 heavy (non-hydrogen) atoms. The van der Waals surface area contributed by atoms with Gasteiger partial charge in [-0.3, -0.25) is 9.59 Å². The molecule has 0 aromatic rings. The Kier molecular flexibility index (Phi) is 4.56. The predicted octanol–water partition coefficient (Wildman–Crippen LogP) is -0.0157. The van der Waals surface area contributed by atoms with Crippen LogP contribution in [0.25, 0.3) is 0 Å². The molecule has 0 aliphatic heterocycles. The maximum Gasteiger partial charge on any atom is 0.315 e. The summed E-state index contributed by atoms with van der Waals surface area (Å²) in [4.78, 5) is 21.8. The number of carbonyl (C=O) groups is 2. The number of aliphatic hydroxyl groups excluding tert-OH is 1. The minimum Gasteiger partial charge on any atom is -0.481 e. The number of nitrogens with one attached hydrogen (secondary N) is 1. The van der Waals surface area contributed by atoms with Crippen LogP contribution in [-0.4, -0.2) is 34.2 Å². The fraction of sp³-hybridized carbons (Fsp3) is 0.778. The van der Waals surface area contributed by atoms with Gasteiger partial charge >= 0.3 is 5.97 Å². The highest BCUT2D eigenvalue weighted by Crippen LogP contribution is 2.09. The molecule has 2 unspecified atom stereocenters. The van der Waals surface area contributed by atoms with Crippen molar-refractivity contribution in [3.8, 4) is 0 Å². The van der Waals surface area contributed by atoms with Crippen molar-refractivity contribution in [3.05, 3.63) is 0 Å². The summed E-state index contributed by atoms with van der Waals surface area (Å²) in [5, 5.41) is 20.1. The van der Waals surface area contributed by atoms with Crippen LogP contribution in [-0.2, 0) is 9.59 Å². The largest absolute Gasteiger partial charge is 0.481 e. The van der Waals surface area contributed by atoms with E-state index in [4.69, 9.17) is 10.2 Å². The lowest BCUT2D eigenvalue weighted by Gasteiger charge is -2.28. The van der Waals surface area contributed by atoms with Gasteiger partial charge in [-0.05, 0) is 20.3 Å². The quantitative estimate of drug-likeness (QED) is 0.548. The van der Waals surface area contributed by atoms with E-state index in [-0.39, 0.29) is 6.61 Å². The van der Waals surface area contributed by atoms with Crippen molar-refractivity contribution in [2.24, 2.45) is 5.92 Å². The summed E-state index contributed by atoms with van der Waals surface area (Å²) in [6.07, 6.45) is 0.543. The third kappa shape index (κ3) is 3.33. The number of aliphatic hydroxyl groups is 1. The molecule has 0 heterocycles. The number of carboxylic acids is 1. The molecule has 3 N–H and O–H groups in total. The van der Waals surface area contributed by atoms with Gasteiger partial charge in [-0.2, -0.15) is 0 Å². The zero-order valence-corrected chi connectivity index (χ0v) is 8.70. The Balaban J connectivity index is 4.37. The number of carbonyl (C=O) groups excluding carboxylic acids is 1. The minimum atomic E-state index is -1.17. The van der Waals surface area contributed by atoms with Crippen molar-refractivity contribution in [1.29, 1.82) is 0 Å². The van der Waals surface area contributed by atoms with Crippen molar-refractivity contribution in [2.45, 2.75) is 32.7 Å². The van der Waals surface area contributed by atoms with E-state index in [0.717, 1.165) is 0 Å². The molecule has 0 aromatic heterocycles. The molecule has 0 aliphatic rings. The van der Waals surface area contributed by atoms with Crippen molar-refractivity contribution in [2.75, 3.05) is 6.61 Å². The minimum absolute atomic E-state index is 0.207. The van der Waals surface area contributed by atoms with Gasteiger partial charge in [-0.25, -0.2) is 0 Å². The predicted molar refractivity (Wildman–Crippen MR) is 50.7 cm³/mol. The van der Waals surface area contributed by atoms with E-state index in [2.05, 4.69) is 5.32 Å². The highest BCUT2D eigenvalue weighted by molar-refractivity contribution is 5.96. The SMILES string of the molecule is CCC(C)(CO)NC(=O)C(C)C(=O)O. The maximum absolute atomic E-state index is 11.3. The Morgan fingerprint density at radius 1 is 1.50 bits per heavy atom. The van der Waals surface area contributed by atoms with Crippen molar-refractivity contribution >= 4 is 11.9 Å². The van der Waals surface area contributed by atoms with Crippen LogP contribution in [0, 0.1) is 5.92 Å². The standard InChI is InChI=1S/C9H17NO4/c1-4-9(3,5-11)10-7(12)6(2)8(13)14/h6,11H,4-5H2,1-3H3,(H,10,12)(H,13,14). The molecular weight excluding hydrogens is 186 g/mol. The van der Waals surface area contributed by atoms with E-state index in [1.165, 1.54) is 6.92 Å². The molecule has 0 rings (SSSR count). The smallest absolute Gasteiger partial charge is 0.315 e. The first kappa shape index (κ1) is 12.9.